The monoisotopic (exact) mass is 432 g/mol. The number of amides is 1. The van der Waals surface area contributed by atoms with E-state index < -0.39 is 5.69 Å². The van der Waals surface area contributed by atoms with Crippen molar-refractivity contribution in [2.75, 3.05) is 13.1 Å². The Morgan fingerprint density at radius 3 is 2.62 bits per heavy atom. The molecule has 1 spiro atoms. The molecule has 1 aliphatic carbocycles. The van der Waals surface area contributed by atoms with Crippen LogP contribution in [0.25, 0.3) is 11.0 Å². The van der Waals surface area contributed by atoms with Gasteiger partial charge in [-0.15, -0.1) is 0 Å². The number of pyridine rings is 1. The number of hydrogen-bond donors (Lipinski definition) is 0. The summed E-state index contributed by atoms with van der Waals surface area (Å²) in [6, 6.07) is 10.3. The van der Waals surface area contributed by atoms with Crippen molar-refractivity contribution in [1.82, 2.24) is 19.0 Å². The van der Waals surface area contributed by atoms with Gasteiger partial charge in [0.1, 0.15) is 11.3 Å². The van der Waals surface area contributed by atoms with E-state index in [-0.39, 0.29) is 22.5 Å². The first kappa shape index (κ1) is 20.7. The Morgan fingerprint density at radius 1 is 1.06 bits per heavy atom. The lowest BCUT2D eigenvalue weighted by Crippen LogP contribution is -2.50. The molecule has 1 aromatic carbocycles. The third-order valence-electron chi connectivity index (χ3n) is 7.38. The van der Waals surface area contributed by atoms with E-state index in [2.05, 4.69) is 29.2 Å². The van der Waals surface area contributed by atoms with Crippen LogP contribution in [0.3, 0.4) is 0 Å². The summed E-state index contributed by atoms with van der Waals surface area (Å²) in [6.07, 6.45) is 5.36. The van der Waals surface area contributed by atoms with Gasteiger partial charge in [-0.1, -0.05) is 24.3 Å². The van der Waals surface area contributed by atoms with Crippen molar-refractivity contribution in [2.45, 2.75) is 44.4 Å². The van der Waals surface area contributed by atoms with E-state index in [1.807, 2.05) is 4.90 Å². The minimum atomic E-state index is -0.449. The average molecular weight is 433 g/mol. The number of carbonyl (C=O) groups is 1. The minimum absolute atomic E-state index is 0.00254. The van der Waals surface area contributed by atoms with Crippen LogP contribution in [0.15, 0.2) is 39.9 Å². The van der Waals surface area contributed by atoms with Crippen LogP contribution >= 0.6 is 0 Å². The standard InChI is InChI=1S/C25H28N4O3/c1-16-14-19(26-21-20(16)23(31)28(3)24(32)27(21)2)22(30)29-13-7-12-25(15-29)11-6-9-17-8-4-5-10-18(17)25/h4-5,8,10,14H,6-7,9,11-13,15H2,1-3H3. The molecule has 7 heteroatoms. The molecule has 7 nitrogen and oxygen atoms in total. The smallest absolute Gasteiger partial charge is 0.332 e. The molecule has 2 aliphatic rings. The summed E-state index contributed by atoms with van der Waals surface area (Å²) in [5.74, 6) is -0.134. The summed E-state index contributed by atoms with van der Waals surface area (Å²) in [6.45, 7) is 3.16. The first-order chi connectivity index (χ1) is 15.3. The Kier molecular flexibility index (Phi) is 4.80. The van der Waals surface area contributed by atoms with E-state index >= 15 is 0 Å². The number of likely N-dealkylation sites (tertiary alicyclic amines) is 1. The van der Waals surface area contributed by atoms with Crippen molar-refractivity contribution < 1.29 is 4.79 Å². The van der Waals surface area contributed by atoms with Crippen LogP contribution < -0.4 is 11.2 Å². The second-order valence-electron chi connectivity index (χ2n) is 9.35. The van der Waals surface area contributed by atoms with Gasteiger partial charge in [0, 0.05) is 32.6 Å². The van der Waals surface area contributed by atoms with Crippen molar-refractivity contribution in [3.8, 4) is 0 Å². The second kappa shape index (κ2) is 7.43. The summed E-state index contributed by atoms with van der Waals surface area (Å²) in [5.41, 5.74) is 3.16. The van der Waals surface area contributed by atoms with E-state index in [0.717, 1.165) is 36.7 Å². The number of piperidine rings is 1. The Bertz CT molecular complexity index is 1370. The summed E-state index contributed by atoms with van der Waals surface area (Å²) in [7, 11) is 3.04. The van der Waals surface area contributed by atoms with E-state index in [4.69, 9.17) is 0 Å². The molecule has 1 saturated heterocycles. The van der Waals surface area contributed by atoms with Gasteiger partial charge >= 0.3 is 5.69 Å². The van der Waals surface area contributed by atoms with Gasteiger partial charge in [0.05, 0.1) is 5.39 Å². The van der Waals surface area contributed by atoms with Crippen molar-refractivity contribution >= 4 is 16.9 Å². The first-order valence-corrected chi connectivity index (χ1v) is 11.3. The molecular weight excluding hydrogens is 404 g/mol. The Morgan fingerprint density at radius 2 is 1.81 bits per heavy atom. The zero-order valence-corrected chi connectivity index (χ0v) is 18.9. The molecule has 3 aromatic rings. The molecule has 32 heavy (non-hydrogen) atoms. The topological polar surface area (TPSA) is 77.2 Å². The van der Waals surface area contributed by atoms with Crippen LogP contribution in [0.5, 0.6) is 0 Å². The van der Waals surface area contributed by atoms with Crippen molar-refractivity contribution in [3.63, 3.8) is 0 Å². The predicted molar refractivity (Wildman–Crippen MR) is 123 cm³/mol. The predicted octanol–water partition coefficient (Wildman–Crippen LogP) is 2.45. The molecule has 0 bridgehead atoms. The fraction of sp³-hybridized carbons (Fsp3) is 0.440. The molecule has 0 radical (unpaired) electrons. The van der Waals surface area contributed by atoms with Crippen molar-refractivity contribution in [1.29, 1.82) is 0 Å². The number of hydrogen-bond acceptors (Lipinski definition) is 4. The highest BCUT2D eigenvalue weighted by Gasteiger charge is 2.41. The Labute approximate surface area is 186 Å². The maximum Gasteiger partial charge on any atom is 0.332 e. The second-order valence-corrected chi connectivity index (χ2v) is 9.35. The van der Waals surface area contributed by atoms with Gasteiger partial charge in [0.25, 0.3) is 11.5 Å². The molecular formula is C25H28N4O3. The number of fused-ring (bicyclic) bond motifs is 3. The van der Waals surface area contributed by atoms with E-state index in [1.165, 1.54) is 22.7 Å². The summed E-state index contributed by atoms with van der Waals surface area (Å²) in [5, 5.41) is 0.377. The van der Waals surface area contributed by atoms with Gasteiger partial charge in [0.15, 0.2) is 0 Å². The molecule has 2 aromatic heterocycles. The van der Waals surface area contributed by atoms with Crippen LogP contribution in [0.1, 0.15) is 52.9 Å². The Balaban J connectivity index is 1.55. The lowest BCUT2D eigenvalue weighted by molar-refractivity contribution is 0.0611. The van der Waals surface area contributed by atoms with Crippen LogP contribution in [0, 0.1) is 6.92 Å². The average Bonchev–Trinajstić information content (AvgIpc) is 2.81. The molecule has 5 rings (SSSR count). The molecule has 0 saturated carbocycles. The van der Waals surface area contributed by atoms with Gasteiger partial charge in [-0.05, 0) is 61.8 Å². The fourth-order valence-electron chi connectivity index (χ4n) is 5.74. The van der Waals surface area contributed by atoms with Crippen LogP contribution in [0.2, 0.25) is 0 Å². The number of carbonyl (C=O) groups excluding carboxylic acids is 1. The normalized spacial score (nSPS) is 20.5. The lowest BCUT2D eigenvalue weighted by atomic mass is 9.66. The van der Waals surface area contributed by atoms with Crippen LogP contribution in [-0.2, 0) is 25.9 Å². The summed E-state index contributed by atoms with van der Waals surface area (Å²) < 4.78 is 2.42. The van der Waals surface area contributed by atoms with E-state index in [9.17, 15) is 14.4 Å². The maximum absolute atomic E-state index is 13.6. The molecule has 1 aliphatic heterocycles. The molecule has 1 fully saturated rings. The highest BCUT2D eigenvalue weighted by atomic mass is 16.2. The van der Waals surface area contributed by atoms with Gasteiger partial charge in [-0.3, -0.25) is 18.7 Å². The highest BCUT2D eigenvalue weighted by molar-refractivity contribution is 5.95. The number of benzene rings is 1. The fourth-order valence-corrected chi connectivity index (χ4v) is 5.74. The maximum atomic E-state index is 13.6. The number of nitrogens with zero attached hydrogens (tertiary/aromatic N) is 4. The molecule has 3 heterocycles. The van der Waals surface area contributed by atoms with Gasteiger partial charge in [-0.2, -0.15) is 0 Å². The number of rotatable bonds is 1. The van der Waals surface area contributed by atoms with Crippen molar-refractivity contribution in [3.05, 3.63) is 73.6 Å². The van der Waals surface area contributed by atoms with Crippen LogP contribution in [-0.4, -0.2) is 38.0 Å². The van der Waals surface area contributed by atoms with Gasteiger partial charge in [-0.25, -0.2) is 9.78 Å². The molecule has 1 amide bonds. The third-order valence-corrected chi connectivity index (χ3v) is 7.38. The summed E-state index contributed by atoms with van der Waals surface area (Å²) >= 11 is 0. The van der Waals surface area contributed by atoms with E-state index in [0.29, 0.717) is 29.7 Å². The minimum Gasteiger partial charge on any atom is -0.336 e. The van der Waals surface area contributed by atoms with Gasteiger partial charge < -0.3 is 4.90 Å². The number of aromatic nitrogens is 3. The third kappa shape index (κ3) is 3.02. The molecule has 0 N–H and O–H groups in total. The SMILES string of the molecule is Cc1cc(C(=O)N2CCCC3(CCCc4ccccc43)C2)nc2c1c(=O)n(C)c(=O)n2C. The Hall–Kier alpha value is -3.22. The largest absolute Gasteiger partial charge is 0.336 e. The van der Waals surface area contributed by atoms with Crippen LogP contribution in [0.4, 0.5) is 0 Å². The quantitative estimate of drug-likeness (QED) is 0.592. The van der Waals surface area contributed by atoms with Gasteiger partial charge in [0.2, 0.25) is 0 Å². The number of aryl methyl sites for hydroxylation is 3. The van der Waals surface area contributed by atoms with Crippen molar-refractivity contribution in [2.24, 2.45) is 14.1 Å². The highest BCUT2D eigenvalue weighted by Crippen LogP contribution is 2.43. The lowest BCUT2D eigenvalue weighted by Gasteiger charge is -2.46. The van der Waals surface area contributed by atoms with E-state index in [1.54, 1.807) is 20.0 Å². The molecule has 1 unspecified atom stereocenters. The first-order valence-electron chi connectivity index (χ1n) is 11.3. The summed E-state index contributed by atoms with van der Waals surface area (Å²) in [4.78, 5) is 45.0. The molecule has 1 atom stereocenters. The molecule has 166 valence electrons. The zero-order valence-electron chi connectivity index (χ0n) is 18.9. The zero-order chi connectivity index (χ0) is 22.6.